The van der Waals surface area contributed by atoms with E-state index in [1.54, 1.807) is 53.1 Å². The Morgan fingerprint density at radius 3 is 2.29 bits per heavy atom. The van der Waals surface area contributed by atoms with Gasteiger partial charge in [-0.05, 0) is 79.7 Å². The molecule has 10 heteroatoms. The number of para-hydroxylation sites is 1. The van der Waals surface area contributed by atoms with Crippen LogP contribution in [0.25, 0.3) is 0 Å². The lowest BCUT2D eigenvalue weighted by molar-refractivity contribution is -0.124. The zero-order valence-electron chi connectivity index (χ0n) is 22.6. The summed E-state index contributed by atoms with van der Waals surface area (Å²) in [6, 6.07) is 22.3. The maximum absolute atomic E-state index is 13.7. The molecule has 1 N–H and O–H groups in total. The Labute approximate surface area is 243 Å². The Morgan fingerprint density at radius 1 is 0.951 bits per heavy atom. The number of amides is 3. The summed E-state index contributed by atoms with van der Waals surface area (Å²) < 4.78 is 5.00. The van der Waals surface area contributed by atoms with Crippen molar-refractivity contribution in [3.8, 4) is 0 Å². The monoisotopic (exact) mass is 570 g/mol. The Hall–Kier alpha value is -4.57. The number of carbonyl (C=O) groups is 4. The number of ether oxygens (including phenoxy) is 1. The van der Waals surface area contributed by atoms with Crippen molar-refractivity contribution in [2.45, 2.75) is 38.8 Å². The summed E-state index contributed by atoms with van der Waals surface area (Å²) >= 11 is 5.77. The molecule has 3 aromatic carbocycles. The minimum absolute atomic E-state index is 0.115. The van der Waals surface area contributed by atoms with Gasteiger partial charge in [0.05, 0.1) is 24.3 Å². The van der Waals surface area contributed by atoms with Crippen molar-refractivity contribution in [3.63, 3.8) is 0 Å². The average molecular weight is 571 g/mol. The van der Waals surface area contributed by atoms with Gasteiger partial charge >= 0.3 is 5.97 Å². The first-order valence-electron chi connectivity index (χ1n) is 13.5. The van der Waals surface area contributed by atoms with Crippen molar-refractivity contribution < 1.29 is 23.9 Å². The van der Waals surface area contributed by atoms with E-state index in [4.69, 9.17) is 17.0 Å². The van der Waals surface area contributed by atoms with Gasteiger partial charge in [-0.25, -0.2) is 4.79 Å². The number of anilines is 3. The molecule has 2 saturated heterocycles. The molecule has 2 fully saturated rings. The summed E-state index contributed by atoms with van der Waals surface area (Å²) in [6.07, 6.45) is 1.28. The fraction of sp³-hybridized carbons (Fsp3) is 0.258. The molecule has 3 aromatic rings. The van der Waals surface area contributed by atoms with E-state index in [0.29, 0.717) is 41.6 Å². The van der Waals surface area contributed by atoms with Gasteiger partial charge in [-0.1, -0.05) is 30.3 Å². The van der Waals surface area contributed by atoms with Gasteiger partial charge in [-0.15, -0.1) is 0 Å². The lowest BCUT2D eigenvalue weighted by Crippen LogP contribution is -2.37. The summed E-state index contributed by atoms with van der Waals surface area (Å²) in [6.45, 7) is 3.02. The fourth-order valence-corrected chi connectivity index (χ4v) is 5.41. The summed E-state index contributed by atoms with van der Waals surface area (Å²) in [7, 11) is 0. The highest BCUT2D eigenvalue weighted by atomic mass is 32.1. The third-order valence-electron chi connectivity index (χ3n) is 7.07. The number of thiocarbonyl (C=S) groups is 1. The van der Waals surface area contributed by atoms with Crippen molar-refractivity contribution >= 4 is 58.1 Å². The van der Waals surface area contributed by atoms with Crippen LogP contribution >= 0.6 is 12.2 Å². The van der Waals surface area contributed by atoms with Gasteiger partial charge in [0.1, 0.15) is 6.04 Å². The van der Waals surface area contributed by atoms with E-state index in [9.17, 15) is 19.2 Å². The molecule has 2 aliphatic heterocycles. The molecule has 0 unspecified atom stereocenters. The molecule has 0 saturated carbocycles. The Balaban J connectivity index is 1.33. The third kappa shape index (κ3) is 6.12. The van der Waals surface area contributed by atoms with E-state index in [1.807, 2.05) is 42.5 Å². The average Bonchev–Trinajstić information content (AvgIpc) is 3.50. The Bertz CT molecular complexity index is 1460. The highest BCUT2D eigenvalue weighted by Gasteiger charge is 2.44. The largest absolute Gasteiger partial charge is 0.462 e. The summed E-state index contributed by atoms with van der Waals surface area (Å²) in [5.41, 5.74) is 3.24. The minimum atomic E-state index is -0.818. The van der Waals surface area contributed by atoms with Crippen LogP contribution in [-0.2, 0) is 25.7 Å². The van der Waals surface area contributed by atoms with Crippen LogP contribution in [0, 0.1) is 0 Å². The van der Waals surface area contributed by atoms with Gasteiger partial charge in [0.25, 0.3) is 5.91 Å². The quantitative estimate of drug-likeness (QED) is 0.298. The molecule has 41 heavy (non-hydrogen) atoms. The van der Waals surface area contributed by atoms with Crippen molar-refractivity contribution in [3.05, 3.63) is 90.0 Å². The second kappa shape index (κ2) is 12.3. The smallest absolute Gasteiger partial charge is 0.338 e. The summed E-state index contributed by atoms with van der Waals surface area (Å²) in [5.74, 6) is -0.970. The van der Waals surface area contributed by atoms with E-state index >= 15 is 0 Å². The van der Waals surface area contributed by atoms with Gasteiger partial charge in [-0.3, -0.25) is 19.3 Å². The van der Waals surface area contributed by atoms with Gasteiger partial charge in [0, 0.05) is 30.9 Å². The third-order valence-corrected chi connectivity index (χ3v) is 7.48. The van der Waals surface area contributed by atoms with Gasteiger partial charge < -0.3 is 19.9 Å². The number of benzene rings is 3. The minimum Gasteiger partial charge on any atom is -0.462 e. The van der Waals surface area contributed by atoms with Crippen LogP contribution in [0.4, 0.5) is 17.1 Å². The molecule has 9 nitrogen and oxygen atoms in total. The van der Waals surface area contributed by atoms with Gasteiger partial charge in [-0.2, -0.15) is 0 Å². The second-order valence-corrected chi connectivity index (χ2v) is 10.2. The molecule has 0 aliphatic carbocycles. The first-order chi connectivity index (χ1) is 19.9. The summed E-state index contributed by atoms with van der Waals surface area (Å²) in [4.78, 5) is 55.9. The number of carbonyl (C=O) groups excluding carboxylic acids is 4. The molecule has 1 atom stereocenters. The predicted octanol–water partition coefficient (Wildman–Crippen LogP) is 4.52. The van der Waals surface area contributed by atoms with Crippen molar-refractivity contribution in [2.24, 2.45) is 0 Å². The molecule has 0 spiro atoms. The Morgan fingerprint density at radius 2 is 1.66 bits per heavy atom. The number of nitrogens with one attached hydrogen (secondary N) is 1. The number of hydrogen-bond acceptors (Lipinski definition) is 6. The van der Waals surface area contributed by atoms with Crippen LogP contribution < -0.4 is 15.1 Å². The van der Waals surface area contributed by atoms with Crippen LogP contribution in [0.15, 0.2) is 78.9 Å². The molecule has 210 valence electrons. The highest BCUT2D eigenvalue weighted by Crippen LogP contribution is 2.30. The molecule has 2 heterocycles. The maximum Gasteiger partial charge on any atom is 0.338 e. The predicted molar refractivity (Wildman–Crippen MR) is 160 cm³/mol. The van der Waals surface area contributed by atoms with Crippen molar-refractivity contribution in [2.75, 3.05) is 28.3 Å². The first kappa shape index (κ1) is 28.0. The molecule has 0 aromatic heterocycles. The van der Waals surface area contributed by atoms with Crippen LogP contribution in [0.3, 0.4) is 0 Å². The zero-order chi connectivity index (χ0) is 28.9. The van der Waals surface area contributed by atoms with Crippen LogP contribution in [0.2, 0.25) is 0 Å². The molecular weight excluding hydrogens is 540 g/mol. The first-order valence-corrected chi connectivity index (χ1v) is 13.9. The van der Waals surface area contributed by atoms with E-state index < -0.39 is 12.0 Å². The van der Waals surface area contributed by atoms with E-state index in [1.165, 1.54) is 4.90 Å². The molecule has 5 rings (SSSR count). The molecular formula is C31H30N4O5S. The van der Waals surface area contributed by atoms with Crippen molar-refractivity contribution in [1.82, 2.24) is 4.90 Å². The maximum atomic E-state index is 13.7. The van der Waals surface area contributed by atoms with Crippen molar-refractivity contribution in [1.29, 1.82) is 0 Å². The Kier molecular flexibility index (Phi) is 8.39. The van der Waals surface area contributed by atoms with E-state index in [2.05, 4.69) is 5.32 Å². The lowest BCUT2D eigenvalue weighted by atomic mass is 10.1. The fourth-order valence-electron chi connectivity index (χ4n) is 5.02. The molecule has 2 aliphatic rings. The standard InChI is InChI=1S/C31H30N4O5S/c1-2-40-30(39)22-12-14-23(15-13-22)32-27(36)19-26-29(38)35(25-7-4-3-5-8-25)31(41)34(26)20-21-10-16-24(17-11-21)33-18-6-9-28(33)37/h3-5,7-8,10-17,26H,2,6,9,18-20H2,1H3,(H,32,36)/t26-/m0/s1. The number of hydrogen-bond donors (Lipinski definition) is 1. The molecule has 0 bridgehead atoms. The van der Waals surface area contributed by atoms with Crippen LogP contribution in [-0.4, -0.2) is 52.9 Å². The van der Waals surface area contributed by atoms with Gasteiger partial charge in [0.2, 0.25) is 11.8 Å². The van der Waals surface area contributed by atoms with Crippen LogP contribution in [0.1, 0.15) is 42.1 Å². The summed E-state index contributed by atoms with van der Waals surface area (Å²) in [5, 5.41) is 3.13. The number of nitrogens with zero attached hydrogens (tertiary/aromatic N) is 3. The van der Waals surface area contributed by atoms with E-state index in [-0.39, 0.29) is 30.7 Å². The molecule has 3 amide bonds. The number of esters is 1. The SMILES string of the molecule is CCOC(=O)c1ccc(NC(=O)C[C@H]2C(=O)N(c3ccccc3)C(=S)N2Cc2ccc(N3CCCC3=O)cc2)cc1. The lowest BCUT2D eigenvalue weighted by Gasteiger charge is -2.24. The topological polar surface area (TPSA) is 99.3 Å². The zero-order valence-corrected chi connectivity index (χ0v) is 23.4. The number of rotatable bonds is 9. The highest BCUT2D eigenvalue weighted by molar-refractivity contribution is 7.80. The van der Waals surface area contributed by atoms with E-state index in [0.717, 1.165) is 17.7 Å². The molecule has 0 radical (unpaired) electrons. The normalized spacial score (nSPS) is 16.9. The second-order valence-electron chi connectivity index (χ2n) is 9.80. The van der Waals surface area contributed by atoms with Crippen LogP contribution in [0.5, 0.6) is 0 Å². The van der Waals surface area contributed by atoms with Gasteiger partial charge in [0.15, 0.2) is 5.11 Å².